The van der Waals surface area contributed by atoms with E-state index < -0.39 is 0 Å². The second-order valence-corrected chi connectivity index (χ2v) is 8.59. The average molecular weight is 386 g/mol. The van der Waals surface area contributed by atoms with Crippen LogP contribution in [0.25, 0.3) is 0 Å². The highest BCUT2D eigenvalue weighted by Gasteiger charge is 2.28. The van der Waals surface area contributed by atoms with Crippen LogP contribution in [0.4, 0.5) is 10.5 Å². The van der Waals surface area contributed by atoms with Gasteiger partial charge in [-0.25, -0.2) is 9.78 Å². The second kappa shape index (κ2) is 8.40. The zero-order chi connectivity index (χ0) is 18.6. The molecule has 4 rings (SSSR count). The monoisotopic (exact) mass is 385 g/mol. The molecule has 0 spiro atoms. The van der Waals surface area contributed by atoms with Gasteiger partial charge < -0.3 is 15.0 Å². The van der Waals surface area contributed by atoms with E-state index in [0.29, 0.717) is 12.5 Å². The Bertz CT molecular complexity index is 764. The SMILES string of the molecule is COCc1ccc(NC(=O)N2CCC[C@H](c3nc4c(s3)CCCC4)C2)cc1. The van der Waals surface area contributed by atoms with Gasteiger partial charge in [0.25, 0.3) is 0 Å². The maximum Gasteiger partial charge on any atom is 0.321 e. The lowest BCUT2D eigenvalue weighted by Gasteiger charge is -2.31. The van der Waals surface area contributed by atoms with Crippen LogP contribution >= 0.6 is 11.3 Å². The minimum Gasteiger partial charge on any atom is -0.380 e. The Kier molecular flexibility index (Phi) is 5.74. The van der Waals surface area contributed by atoms with Crippen molar-refractivity contribution in [2.45, 2.75) is 51.0 Å². The number of piperidine rings is 1. The summed E-state index contributed by atoms with van der Waals surface area (Å²) in [5.74, 6) is 0.379. The van der Waals surface area contributed by atoms with Gasteiger partial charge >= 0.3 is 6.03 Å². The number of methoxy groups -OCH3 is 1. The maximum absolute atomic E-state index is 12.7. The number of carbonyl (C=O) groups is 1. The predicted molar refractivity (Wildman–Crippen MR) is 108 cm³/mol. The molecule has 0 saturated carbocycles. The quantitative estimate of drug-likeness (QED) is 0.838. The Labute approximate surface area is 164 Å². The number of fused-ring (bicyclic) bond motifs is 1. The molecule has 1 N–H and O–H groups in total. The minimum atomic E-state index is -0.0134. The van der Waals surface area contributed by atoms with E-state index in [0.717, 1.165) is 43.6 Å². The largest absolute Gasteiger partial charge is 0.380 e. The van der Waals surface area contributed by atoms with Crippen molar-refractivity contribution in [3.05, 3.63) is 45.4 Å². The molecular weight excluding hydrogens is 358 g/mol. The number of benzene rings is 1. The molecule has 0 bridgehead atoms. The molecule has 2 heterocycles. The molecule has 5 nitrogen and oxygen atoms in total. The van der Waals surface area contributed by atoms with Gasteiger partial charge in [0.05, 0.1) is 17.3 Å². The van der Waals surface area contributed by atoms with Crippen LogP contribution in [0.1, 0.15) is 52.7 Å². The summed E-state index contributed by atoms with van der Waals surface area (Å²) in [5.41, 5.74) is 3.24. The Morgan fingerprint density at radius 1 is 1.26 bits per heavy atom. The van der Waals surface area contributed by atoms with Crippen molar-refractivity contribution in [2.24, 2.45) is 0 Å². The van der Waals surface area contributed by atoms with E-state index in [1.165, 1.54) is 34.8 Å². The minimum absolute atomic E-state index is 0.0134. The fourth-order valence-electron chi connectivity index (χ4n) is 3.96. The van der Waals surface area contributed by atoms with Gasteiger partial charge in [-0.2, -0.15) is 0 Å². The van der Waals surface area contributed by atoms with Crippen LogP contribution in [-0.4, -0.2) is 36.1 Å². The molecule has 1 aliphatic carbocycles. The van der Waals surface area contributed by atoms with E-state index in [-0.39, 0.29) is 6.03 Å². The molecule has 2 amide bonds. The van der Waals surface area contributed by atoms with Gasteiger partial charge in [-0.15, -0.1) is 11.3 Å². The highest BCUT2D eigenvalue weighted by molar-refractivity contribution is 7.11. The summed E-state index contributed by atoms with van der Waals surface area (Å²) in [5, 5.41) is 4.27. The van der Waals surface area contributed by atoms with Gasteiger partial charge in [0.2, 0.25) is 0 Å². The lowest BCUT2D eigenvalue weighted by Crippen LogP contribution is -2.41. The number of likely N-dealkylation sites (tertiary alicyclic amines) is 1. The first-order valence-electron chi connectivity index (χ1n) is 9.85. The number of hydrogen-bond acceptors (Lipinski definition) is 4. The summed E-state index contributed by atoms with van der Waals surface area (Å²) in [6.07, 6.45) is 7.03. The van der Waals surface area contributed by atoms with Crippen LogP contribution in [0, 0.1) is 0 Å². The summed E-state index contributed by atoms with van der Waals surface area (Å²) in [4.78, 5) is 21.1. The van der Waals surface area contributed by atoms with Gasteiger partial charge in [0.1, 0.15) is 0 Å². The molecule has 27 heavy (non-hydrogen) atoms. The molecule has 2 aromatic rings. The summed E-state index contributed by atoms with van der Waals surface area (Å²) in [7, 11) is 1.68. The second-order valence-electron chi connectivity index (χ2n) is 7.47. The first-order chi connectivity index (χ1) is 13.2. The zero-order valence-electron chi connectivity index (χ0n) is 15.9. The number of ether oxygens (including phenoxy) is 1. The lowest BCUT2D eigenvalue weighted by molar-refractivity contribution is 0.185. The summed E-state index contributed by atoms with van der Waals surface area (Å²) in [6, 6.07) is 7.82. The van der Waals surface area contributed by atoms with Crippen molar-refractivity contribution in [2.75, 3.05) is 25.5 Å². The van der Waals surface area contributed by atoms with Gasteiger partial charge in [-0.3, -0.25) is 0 Å². The zero-order valence-corrected chi connectivity index (χ0v) is 16.7. The average Bonchev–Trinajstić information content (AvgIpc) is 3.14. The van der Waals surface area contributed by atoms with Crippen molar-refractivity contribution >= 4 is 23.1 Å². The number of amides is 2. The van der Waals surface area contributed by atoms with Crippen LogP contribution in [0.5, 0.6) is 0 Å². The number of carbonyl (C=O) groups excluding carboxylic acids is 1. The number of hydrogen-bond donors (Lipinski definition) is 1. The van der Waals surface area contributed by atoms with Gasteiger partial charge in [0.15, 0.2) is 0 Å². The van der Waals surface area contributed by atoms with Crippen LogP contribution in [0.15, 0.2) is 24.3 Å². The first kappa shape index (κ1) is 18.4. The van der Waals surface area contributed by atoms with Crippen molar-refractivity contribution in [3.63, 3.8) is 0 Å². The molecule has 1 atom stereocenters. The van der Waals surface area contributed by atoms with E-state index in [1.54, 1.807) is 7.11 Å². The highest BCUT2D eigenvalue weighted by atomic mass is 32.1. The summed E-state index contributed by atoms with van der Waals surface area (Å²) in [6.45, 7) is 2.16. The number of nitrogens with zero attached hydrogens (tertiary/aromatic N) is 2. The molecule has 144 valence electrons. The third-order valence-electron chi connectivity index (χ3n) is 5.44. The van der Waals surface area contributed by atoms with E-state index in [9.17, 15) is 4.79 Å². The fourth-order valence-corrected chi connectivity index (χ4v) is 5.24. The van der Waals surface area contributed by atoms with Crippen molar-refractivity contribution in [3.8, 4) is 0 Å². The molecule has 1 saturated heterocycles. The Morgan fingerprint density at radius 2 is 2.07 bits per heavy atom. The number of aromatic nitrogens is 1. The third kappa shape index (κ3) is 4.33. The smallest absolute Gasteiger partial charge is 0.321 e. The molecule has 2 aliphatic rings. The van der Waals surface area contributed by atoms with Crippen LogP contribution in [0.3, 0.4) is 0 Å². The normalized spacial score (nSPS) is 19.6. The standard InChI is InChI=1S/C21H27N3O2S/c1-26-14-15-8-10-17(11-9-15)22-21(25)24-12-4-5-16(13-24)20-23-18-6-2-3-7-19(18)27-20/h8-11,16H,2-7,12-14H2,1H3,(H,22,25)/t16-/m0/s1. The van der Waals surface area contributed by atoms with Crippen LogP contribution in [-0.2, 0) is 24.2 Å². The predicted octanol–water partition coefficient (Wildman–Crippen LogP) is 4.58. The molecule has 6 heteroatoms. The molecule has 0 radical (unpaired) electrons. The van der Waals surface area contributed by atoms with Gasteiger partial charge in [-0.05, 0) is 56.2 Å². The Morgan fingerprint density at radius 3 is 2.85 bits per heavy atom. The number of aryl methyl sites for hydroxylation is 2. The van der Waals surface area contributed by atoms with E-state index >= 15 is 0 Å². The van der Waals surface area contributed by atoms with Crippen molar-refractivity contribution in [1.29, 1.82) is 0 Å². The van der Waals surface area contributed by atoms with Crippen molar-refractivity contribution < 1.29 is 9.53 Å². The highest BCUT2D eigenvalue weighted by Crippen LogP contribution is 2.34. The van der Waals surface area contributed by atoms with E-state index in [1.807, 2.05) is 40.5 Å². The lowest BCUT2D eigenvalue weighted by atomic mass is 9.98. The number of nitrogens with one attached hydrogen (secondary N) is 1. The Hall–Kier alpha value is -1.92. The fraction of sp³-hybridized carbons (Fsp3) is 0.524. The van der Waals surface area contributed by atoms with Gasteiger partial charge in [-0.1, -0.05) is 12.1 Å². The third-order valence-corrected chi connectivity index (χ3v) is 6.76. The first-order valence-corrected chi connectivity index (χ1v) is 10.7. The molecular formula is C21H27N3O2S. The molecule has 1 aromatic heterocycles. The number of urea groups is 1. The summed E-state index contributed by atoms with van der Waals surface area (Å²) < 4.78 is 5.13. The maximum atomic E-state index is 12.7. The van der Waals surface area contributed by atoms with Gasteiger partial charge in [0, 0.05) is 36.7 Å². The number of thiazole rings is 1. The number of anilines is 1. The molecule has 1 aliphatic heterocycles. The summed E-state index contributed by atoms with van der Waals surface area (Å²) >= 11 is 1.88. The number of rotatable bonds is 4. The van der Waals surface area contributed by atoms with E-state index in [2.05, 4.69) is 5.32 Å². The van der Waals surface area contributed by atoms with Crippen LogP contribution in [0.2, 0.25) is 0 Å². The molecule has 1 fully saturated rings. The molecule has 0 unspecified atom stereocenters. The van der Waals surface area contributed by atoms with Crippen LogP contribution < -0.4 is 5.32 Å². The topological polar surface area (TPSA) is 54.5 Å². The molecule has 1 aromatic carbocycles. The van der Waals surface area contributed by atoms with E-state index in [4.69, 9.17) is 9.72 Å². The Balaban J connectivity index is 1.38. The van der Waals surface area contributed by atoms with Crippen molar-refractivity contribution in [1.82, 2.24) is 9.88 Å².